The summed E-state index contributed by atoms with van der Waals surface area (Å²) in [7, 11) is 0. The molecule has 24 heavy (non-hydrogen) atoms. The van der Waals surface area contributed by atoms with Gasteiger partial charge in [-0.15, -0.1) is 0 Å². The molecule has 0 unspecified atom stereocenters. The number of hydrogen-bond acceptors (Lipinski definition) is 3. The van der Waals surface area contributed by atoms with Gasteiger partial charge in [-0.2, -0.15) is 5.10 Å². The van der Waals surface area contributed by atoms with E-state index < -0.39 is 0 Å². The van der Waals surface area contributed by atoms with Gasteiger partial charge < -0.3 is 10.6 Å². The molecule has 0 radical (unpaired) electrons. The van der Waals surface area contributed by atoms with Gasteiger partial charge in [-0.3, -0.25) is 9.59 Å². The zero-order chi connectivity index (χ0) is 17.4. The van der Waals surface area contributed by atoms with Gasteiger partial charge in [0.2, 0.25) is 5.91 Å². The highest BCUT2D eigenvalue weighted by Gasteiger charge is 2.36. The number of nitrogens with zero attached hydrogens (tertiary/aromatic N) is 3. The molecule has 0 aliphatic carbocycles. The fourth-order valence-corrected chi connectivity index (χ4v) is 3.20. The molecule has 7 heteroatoms. The summed E-state index contributed by atoms with van der Waals surface area (Å²) < 4.78 is 1.66. The molecule has 2 atom stereocenters. The number of aromatic nitrogens is 2. The molecule has 3 rings (SSSR count). The summed E-state index contributed by atoms with van der Waals surface area (Å²) in [5.41, 5.74) is 7.41. The average Bonchev–Trinajstić information content (AvgIpc) is 3.11. The zero-order valence-corrected chi connectivity index (χ0v) is 14.3. The number of aryl methyl sites for hydroxylation is 1. The lowest BCUT2D eigenvalue weighted by Gasteiger charge is -2.15. The molecule has 1 fully saturated rings. The number of carbonyl (C=O) groups excluding carboxylic acids is 2. The van der Waals surface area contributed by atoms with Crippen molar-refractivity contribution < 1.29 is 9.59 Å². The van der Waals surface area contributed by atoms with Crippen LogP contribution in [0.3, 0.4) is 0 Å². The minimum absolute atomic E-state index is 0.0677. The fraction of sp³-hybridized carbons (Fsp3) is 0.353. The van der Waals surface area contributed by atoms with E-state index in [0.29, 0.717) is 29.4 Å². The Hall–Kier alpha value is -2.34. The standard InChI is InChI=1S/C17H19ClN4O2/c1-10-7-21(8-14(10)16(19)23)17(24)15-9-22(20-11(15)2)13-5-3-12(18)4-6-13/h3-6,9-10,14H,7-8H2,1-2H3,(H2,19,23)/t10-,14-/m1/s1. The van der Waals surface area contributed by atoms with Gasteiger partial charge >= 0.3 is 0 Å². The lowest BCUT2D eigenvalue weighted by atomic mass is 9.98. The molecule has 0 spiro atoms. The molecule has 126 valence electrons. The van der Waals surface area contributed by atoms with E-state index in [-0.39, 0.29) is 23.7 Å². The number of nitrogens with two attached hydrogens (primary N) is 1. The van der Waals surface area contributed by atoms with Gasteiger partial charge in [0.05, 0.1) is 22.9 Å². The highest BCUT2D eigenvalue weighted by Crippen LogP contribution is 2.25. The molecular formula is C17H19ClN4O2. The second kappa shape index (κ2) is 6.28. The third-order valence-corrected chi connectivity index (χ3v) is 4.74. The largest absolute Gasteiger partial charge is 0.369 e. The van der Waals surface area contributed by atoms with Crippen molar-refractivity contribution in [2.24, 2.45) is 17.6 Å². The molecule has 1 aromatic carbocycles. The lowest BCUT2D eigenvalue weighted by Crippen LogP contribution is -2.32. The number of carbonyl (C=O) groups is 2. The van der Waals surface area contributed by atoms with Gasteiger partial charge in [0.15, 0.2) is 0 Å². The van der Waals surface area contributed by atoms with Crippen LogP contribution in [0.25, 0.3) is 5.69 Å². The smallest absolute Gasteiger partial charge is 0.257 e. The molecule has 1 aliphatic rings. The van der Waals surface area contributed by atoms with Crippen molar-refractivity contribution in [2.75, 3.05) is 13.1 Å². The van der Waals surface area contributed by atoms with Crippen LogP contribution in [0.2, 0.25) is 5.02 Å². The maximum atomic E-state index is 12.8. The first kappa shape index (κ1) is 16.5. The van der Waals surface area contributed by atoms with Crippen LogP contribution < -0.4 is 5.73 Å². The maximum Gasteiger partial charge on any atom is 0.257 e. The molecule has 1 aliphatic heterocycles. The van der Waals surface area contributed by atoms with Crippen molar-refractivity contribution in [1.29, 1.82) is 0 Å². The van der Waals surface area contributed by atoms with E-state index in [1.54, 1.807) is 34.8 Å². The van der Waals surface area contributed by atoms with E-state index >= 15 is 0 Å². The van der Waals surface area contributed by atoms with Gasteiger partial charge in [-0.1, -0.05) is 18.5 Å². The zero-order valence-electron chi connectivity index (χ0n) is 13.6. The molecule has 2 N–H and O–H groups in total. The number of hydrogen-bond donors (Lipinski definition) is 1. The molecule has 6 nitrogen and oxygen atoms in total. The molecule has 0 bridgehead atoms. The molecule has 1 saturated heterocycles. The summed E-state index contributed by atoms with van der Waals surface area (Å²) in [6, 6.07) is 7.22. The van der Waals surface area contributed by atoms with Crippen LogP contribution in [-0.2, 0) is 4.79 Å². The van der Waals surface area contributed by atoms with Crippen molar-refractivity contribution in [1.82, 2.24) is 14.7 Å². The van der Waals surface area contributed by atoms with E-state index in [0.717, 1.165) is 5.69 Å². The van der Waals surface area contributed by atoms with Crippen molar-refractivity contribution in [3.8, 4) is 5.69 Å². The Morgan fingerprint density at radius 2 is 1.92 bits per heavy atom. The Morgan fingerprint density at radius 3 is 2.50 bits per heavy atom. The SMILES string of the molecule is Cc1nn(-c2ccc(Cl)cc2)cc1C(=O)N1C[C@@H](C)[C@H](C(N)=O)C1. The third-order valence-electron chi connectivity index (χ3n) is 4.49. The molecule has 1 aromatic heterocycles. The van der Waals surface area contributed by atoms with Gasteiger partial charge in [0.25, 0.3) is 5.91 Å². The molecule has 2 aromatic rings. The second-order valence-corrected chi connectivity index (χ2v) is 6.68. The van der Waals surface area contributed by atoms with Crippen LogP contribution in [0.1, 0.15) is 23.0 Å². The lowest BCUT2D eigenvalue weighted by molar-refractivity contribution is -0.122. The van der Waals surface area contributed by atoms with E-state index in [2.05, 4.69) is 5.10 Å². The summed E-state index contributed by atoms with van der Waals surface area (Å²) in [4.78, 5) is 25.9. The molecular weight excluding hydrogens is 328 g/mol. The third kappa shape index (κ3) is 3.01. The summed E-state index contributed by atoms with van der Waals surface area (Å²) >= 11 is 5.90. The number of amides is 2. The fourth-order valence-electron chi connectivity index (χ4n) is 3.07. The number of primary amides is 1. The normalized spacial score (nSPS) is 20.4. The van der Waals surface area contributed by atoms with E-state index in [9.17, 15) is 9.59 Å². The van der Waals surface area contributed by atoms with Crippen LogP contribution in [0.4, 0.5) is 0 Å². The van der Waals surface area contributed by atoms with E-state index in [1.807, 2.05) is 19.1 Å². The number of rotatable bonds is 3. The number of halogens is 1. The molecule has 2 amide bonds. The van der Waals surface area contributed by atoms with Crippen molar-refractivity contribution >= 4 is 23.4 Å². The van der Waals surface area contributed by atoms with Crippen molar-refractivity contribution in [2.45, 2.75) is 13.8 Å². The Balaban J connectivity index is 1.84. The van der Waals surface area contributed by atoms with Crippen LogP contribution >= 0.6 is 11.6 Å². The van der Waals surface area contributed by atoms with Crippen LogP contribution in [0.5, 0.6) is 0 Å². The summed E-state index contributed by atoms with van der Waals surface area (Å²) in [6.07, 6.45) is 1.71. The summed E-state index contributed by atoms with van der Waals surface area (Å²) in [6.45, 7) is 4.62. The Kier molecular flexibility index (Phi) is 4.32. The van der Waals surface area contributed by atoms with E-state index in [4.69, 9.17) is 17.3 Å². The van der Waals surface area contributed by atoms with E-state index in [1.165, 1.54) is 0 Å². The van der Waals surface area contributed by atoms with Crippen LogP contribution in [0.15, 0.2) is 30.5 Å². The van der Waals surface area contributed by atoms with Gasteiger partial charge in [0, 0.05) is 24.3 Å². The summed E-state index contributed by atoms with van der Waals surface area (Å²) in [5, 5.41) is 5.05. The topological polar surface area (TPSA) is 81.2 Å². The Bertz CT molecular complexity index is 784. The molecule has 2 heterocycles. The highest BCUT2D eigenvalue weighted by molar-refractivity contribution is 6.30. The first-order valence-electron chi connectivity index (χ1n) is 7.77. The first-order valence-corrected chi connectivity index (χ1v) is 8.15. The number of benzene rings is 1. The first-order chi connectivity index (χ1) is 11.4. The van der Waals surface area contributed by atoms with Crippen LogP contribution in [0, 0.1) is 18.8 Å². The second-order valence-electron chi connectivity index (χ2n) is 6.25. The number of likely N-dealkylation sites (tertiary alicyclic amines) is 1. The Morgan fingerprint density at radius 1 is 1.25 bits per heavy atom. The predicted octanol–water partition coefficient (Wildman–Crippen LogP) is 2.03. The molecule has 0 saturated carbocycles. The van der Waals surface area contributed by atoms with Crippen LogP contribution in [-0.4, -0.2) is 39.6 Å². The van der Waals surface area contributed by atoms with Gasteiger partial charge in [-0.05, 0) is 37.1 Å². The monoisotopic (exact) mass is 346 g/mol. The maximum absolute atomic E-state index is 12.8. The average molecular weight is 347 g/mol. The highest BCUT2D eigenvalue weighted by atomic mass is 35.5. The van der Waals surface area contributed by atoms with Gasteiger partial charge in [-0.25, -0.2) is 4.68 Å². The van der Waals surface area contributed by atoms with Crippen molar-refractivity contribution in [3.05, 3.63) is 46.7 Å². The predicted molar refractivity (Wildman–Crippen MR) is 91.1 cm³/mol. The van der Waals surface area contributed by atoms with Crippen molar-refractivity contribution in [3.63, 3.8) is 0 Å². The minimum Gasteiger partial charge on any atom is -0.369 e. The minimum atomic E-state index is -0.355. The van der Waals surface area contributed by atoms with Gasteiger partial charge in [0.1, 0.15) is 0 Å². The quantitative estimate of drug-likeness (QED) is 0.923. The summed E-state index contributed by atoms with van der Waals surface area (Å²) in [5.74, 6) is -0.701. The Labute approximate surface area is 145 Å².